The molecule has 4 heteroatoms. The van der Waals surface area contributed by atoms with E-state index in [4.69, 9.17) is 5.26 Å². The highest BCUT2D eigenvalue weighted by atomic mass is 19.1. The number of nitrogens with one attached hydrogen (secondary N) is 1. The predicted octanol–water partition coefficient (Wildman–Crippen LogP) is 2.63. The second kappa shape index (κ2) is 5.68. The summed E-state index contributed by atoms with van der Waals surface area (Å²) in [6.07, 6.45) is 0. The van der Waals surface area contributed by atoms with Gasteiger partial charge < -0.3 is 9.88 Å². The second-order valence-electron chi connectivity index (χ2n) is 4.54. The summed E-state index contributed by atoms with van der Waals surface area (Å²) >= 11 is 0. The number of benzene rings is 1. The highest BCUT2D eigenvalue weighted by Crippen LogP contribution is 2.13. The first kappa shape index (κ1) is 13.3. The van der Waals surface area contributed by atoms with Gasteiger partial charge in [0.25, 0.3) is 0 Å². The fraction of sp³-hybridized carbons (Fsp3) is 0.267. The molecule has 1 aromatic heterocycles. The van der Waals surface area contributed by atoms with E-state index in [1.165, 1.54) is 12.1 Å². The number of nitrogens with zero attached hydrogens (tertiary/aromatic N) is 2. The highest BCUT2D eigenvalue weighted by Gasteiger charge is 2.07. The second-order valence-corrected chi connectivity index (χ2v) is 4.54. The van der Waals surface area contributed by atoms with Gasteiger partial charge in [-0.05, 0) is 36.2 Å². The van der Waals surface area contributed by atoms with Gasteiger partial charge in [0.2, 0.25) is 0 Å². The lowest BCUT2D eigenvalue weighted by Crippen LogP contribution is -2.13. The topological polar surface area (TPSA) is 40.8 Å². The zero-order chi connectivity index (χ0) is 13.8. The van der Waals surface area contributed by atoms with Crippen LogP contribution in [0, 0.1) is 24.1 Å². The fourth-order valence-corrected chi connectivity index (χ4v) is 2.04. The number of nitriles is 1. The Bertz CT molecular complexity index is 623. The molecule has 1 heterocycles. The zero-order valence-electron chi connectivity index (χ0n) is 11.1. The van der Waals surface area contributed by atoms with Gasteiger partial charge in [-0.2, -0.15) is 5.26 Å². The molecule has 0 saturated heterocycles. The Balaban J connectivity index is 1.98. The predicted molar refractivity (Wildman–Crippen MR) is 71.8 cm³/mol. The van der Waals surface area contributed by atoms with Crippen LogP contribution in [0.2, 0.25) is 0 Å². The summed E-state index contributed by atoms with van der Waals surface area (Å²) in [6.45, 7) is 3.26. The van der Waals surface area contributed by atoms with Crippen molar-refractivity contribution in [2.45, 2.75) is 20.0 Å². The molecule has 0 bridgehead atoms. The van der Waals surface area contributed by atoms with Crippen LogP contribution in [0.5, 0.6) is 0 Å². The molecule has 0 unspecified atom stereocenters. The molecule has 0 spiro atoms. The van der Waals surface area contributed by atoms with Crippen molar-refractivity contribution in [1.29, 1.82) is 5.26 Å². The Morgan fingerprint density at radius 3 is 2.74 bits per heavy atom. The van der Waals surface area contributed by atoms with Gasteiger partial charge in [-0.1, -0.05) is 12.1 Å². The van der Waals surface area contributed by atoms with Crippen LogP contribution in [0.25, 0.3) is 0 Å². The first-order chi connectivity index (χ1) is 9.11. The number of hydrogen-bond donors (Lipinski definition) is 1. The summed E-state index contributed by atoms with van der Waals surface area (Å²) in [4.78, 5) is 0. The summed E-state index contributed by atoms with van der Waals surface area (Å²) in [5, 5.41) is 12.2. The monoisotopic (exact) mass is 257 g/mol. The third-order valence-electron chi connectivity index (χ3n) is 3.29. The van der Waals surface area contributed by atoms with E-state index in [-0.39, 0.29) is 5.82 Å². The van der Waals surface area contributed by atoms with Crippen LogP contribution < -0.4 is 5.32 Å². The van der Waals surface area contributed by atoms with E-state index in [9.17, 15) is 4.39 Å². The van der Waals surface area contributed by atoms with Crippen LogP contribution in [0.4, 0.5) is 4.39 Å². The van der Waals surface area contributed by atoms with E-state index in [1.54, 1.807) is 6.07 Å². The normalized spacial score (nSPS) is 10.4. The molecule has 0 fully saturated rings. The average molecular weight is 257 g/mol. The average Bonchev–Trinajstić information content (AvgIpc) is 2.67. The van der Waals surface area contributed by atoms with Crippen LogP contribution >= 0.6 is 0 Å². The minimum Gasteiger partial charge on any atom is -0.340 e. The summed E-state index contributed by atoms with van der Waals surface area (Å²) in [5.74, 6) is -0.220. The molecule has 0 amide bonds. The van der Waals surface area contributed by atoms with E-state index < -0.39 is 0 Å². The van der Waals surface area contributed by atoms with Crippen LogP contribution in [0.1, 0.15) is 22.5 Å². The molecule has 1 aromatic carbocycles. The Morgan fingerprint density at radius 1 is 1.32 bits per heavy atom. The van der Waals surface area contributed by atoms with E-state index in [0.29, 0.717) is 18.8 Å². The molecule has 2 rings (SSSR count). The number of hydrogen-bond acceptors (Lipinski definition) is 2. The highest BCUT2D eigenvalue weighted by molar-refractivity contribution is 5.34. The Labute approximate surface area is 112 Å². The third-order valence-corrected chi connectivity index (χ3v) is 3.29. The molecule has 0 saturated carbocycles. The zero-order valence-corrected chi connectivity index (χ0v) is 11.1. The van der Waals surface area contributed by atoms with Crippen molar-refractivity contribution in [3.63, 3.8) is 0 Å². The van der Waals surface area contributed by atoms with Gasteiger partial charge in [-0.15, -0.1) is 0 Å². The SMILES string of the molecule is Cc1c(CNCc2cccc(F)c2)cc(C#N)n1C. The van der Waals surface area contributed by atoms with Gasteiger partial charge in [0.15, 0.2) is 0 Å². The Hall–Kier alpha value is -2.12. The van der Waals surface area contributed by atoms with Gasteiger partial charge >= 0.3 is 0 Å². The molecule has 1 N–H and O–H groups in total. The van der Waals surface area contributed by atoms with Crippen molar-refractivity contribution in [2.75, 3.05) is 0 Å². The van der Waals surface area contributed by atoms with Crippen molar-refractivity contribution in [2.24, 2.45) is 7.05 Å². The molecular weight excluding hydrogens is 241 g/mol. The summed E-state index contributed by atoms with van der Waals surface area (Å²) in [7, 11) is 1.88. The Kier molecular flexibility index (Phi) is 3.98. The third kappa shape index (κ3) is 3.01. The Morgan fingerprint density at radius 2 is 2.11 bits per heavy atom. The standard InChI is InChI=1S/C15H16FN3/c1-11-13(7-15(8-17)19(11)2)10-18-9-12-4-3-5-14(16)6-12/h3-7,18H,9-10H2,1-2H3. The lowest BCUT2D eigenvalue weighted by molar-refractivity contribution is 0.620. The summed E-state index contributed by atoms with van der Waals surface area (Å²) in [6, 6.07) is 10.6. The number of aromatic nitrogens is 1. The van der Waals surface area contributed by atoms with Crippen LogP contribution in [0.15, 0.2) is 30.3 Å². The molecular formula is C15H16FN3. The van der Waals surface area contributed by atoms with Crippen LogP contribution in [-0.4, -0.2) is 4.57 Å². The molecule has 2 aromatic rings. The molecule has 0 aliphatic rings. The largest absolute Gasteiger partial charge is 0.340 e. The van der Waals surface area contributed by atoms with Crippen molar-refractivity contribution in [3.8, 4) is 6.07 Å². The van der Waals surface area contributed by atoms with Gasteiger partial charge in [0.1, 0.15) is 17.6 Å². The lowest BCUT2D eigenvalue weighted by Gasteiger charge is -2.05. The minimum absolute atomic E-state index is 0.220. The molecule has 3 nitrogen and oxygen atoms in total. The molecule has 98 valence electrons. The van der Waals surface area contributed by atoms with Gasteiger partial charge in [0, 0.05) is 25.8 Å². The first-order valence-corrected chi connectivity index (χ1v) is 6.12. The van der Waals surface area contributed by atoms with Crippen LogP contribution in [-0.2, 0) is 20.1 Å². The van der Waals surface area contributed by atoms with E-state index in [2.05, 4.69) is 11.4 Å². The molecule has 0 atom stereocenters. The molecule has 0 aliphatic heterocycles. The van der Waals surface area contributed by atoms with Crippen molar-refractivity contribution >= 4 is 0 Å². The van der Waals surface area contributed by atoms with E-state index >= 15 is 0 Å². The van der Waals surface area contributed by atoms with E-state index in [0.717, 1.165) is 16.8 Å². The van der Waals surface area contributed by atoms with Crippen molar-refractivity contribution in [1.82, 2.24) is 9.88 Å². The van der Waals surface area contributed by atoms with Crippen molar-refractivity contribution in [3.05, 3.63) is 58.7 Å². The number of rotatable bonds is 4. The maximum absolute atomic E-state index is 13.0. The van der Waals surface area contributed by atoms with Gasteiger partial charge in [-0.3, -0.25) is 0 Å². The summed E-state index contributed by atoms with van der Waals surface area (Å²) in [5.41, 5.74) is 3.73. The van der Waals surface area contributed by atoms with Gasteiger partial charge in [0.05, 0.1) is 0 Å². The van der Waals surface area contributed by atoms with E-state index in [1.807, 2.05) is 30.7 Å². The molecule has 0 radical (unpaired) electrons. The quantitative estimate of drug-likeness (QED) is 0.914. The minimum atomic E-state index is -0.220. The maximum Gasteiger partial charge on any atom is 0.123 e. The van der Waals surface area contributed by atoms with Gasteiger partial charge in [-0.25, -0.2) is 4.39 Å². The first-order valence-electron chi connectivity index (χ1n) is 6.12. The maximum atomic E-state index is 13.0. The molecule has 19 heavy (non-hydrogen) atoms. The van der Waals surface area contributed by atoms with Crippen molar-refractivity contribution < 1.29 is 4.39 Å². The summed E-state index contributed by atoms with van der Waals surface area (Å²) < 4.78 is 14.9. The smallest absolute Gasteiger partial charge is 0.123 e. The van der Waals surface area contributed by atoms with Crippen LogP contribution in [0.3, 0.4) is 0 Å². The molecule has 0 aliphatic carbocycles. The number of halogens is 1. The fourth-order valence-electron chi connectivity index (χ4n) is 2.04. The lowest BCUT2D eigenvalue weighted by atomic mass is 10.2.